The number of carbonyl (C=O) groups is 2. The summed E-state index contributed by atoms with van der Waals surface area (Å²) in [6, 6.07) is 5.57. The van der Waals surface area contributed by atoms with Gasteiger partial charge in [0.15, 0.2) is 11.5 Å². The fraction of sp³-hybridized carbons (Fsp3) is 0.389. The third kappa shape index (κ3) is 4.32. The second-order valence-electron chi connectivity index (χ2n) is 6.63. The second-order valence-corrected chi connectivity index (χ2v) is 7.49. The average Bonchev–Trinajstić information content (AvgIpc) is 3.10. The van der Waals surface area contributed by atoms with Crippen LogP contribution in [-0.4, -0.2) is 40.7 Å². The van der Waals surface area contributed by atoms with E-state index < -0.39 is 11.5 Å². The summed E-state index contributed by atoms with van der Waals surface area (Å²) in [6.07, 6.45) is 0.333. The van der Waals surface area contributed by atoms with E-state index in [2.05, 4.69) is 10.3 Å². The molecular weight excluding hydrogens is 356 g/mol. The van der Waals surface area contributed by atoms with E-state index in [-0.39, 0.29) is 12.3 Å². The zero-order valence-corrected chi connectivity index (χ0v) is 15.4. The van der Waals surface area contributed by atoms with Crippen LogP contribution in [-0.2, 0) is 4.79 Å². The molecule has 1 aliphatic rings. The maximum absolute atomic E-state index is 12.4. The number of rotatable bonds is 6. The van der Waals surface area contributed by atoms with E-state index in [9.17, 15) is 9.59 Å². The minimum atomic E-state index is -0.887. The van der Waals surface area contributed by atoms with E-state index in [1.54, 1.807) is 19.2 Å². The molecule has 0 unspecified atom stereocenters. The lowest BCUT2D eigenvalue weighted by Gasteiger charge is -2.25. The molecule has 2 aromatic rings. The number of carbonyl (C=O) groups excluding carboxylic acids is 1. The summed E-state index contributed by atoms with van der Waals surface area (Å²) in [6.45, 7) is 4.63. The summed E-state index contributed by atoms with van der Waals surface area (Å²) >= 11 is 1.36. The Morgan fingerprint density at radius 2 is 2.00 bits per heavy atom. The van der Waals surface area contributed by atoms with Crippen LogP contribution in [0, 0.1) is 0 Å². The van der Waals surface area contributed by atoms with Gasteiger partial charge in [-0.05, 0) is 38.5 Å². The standard InChI is InChI=1S/C18H20N2O5S/c1-18(2,6-5-15(21)22)20-16(23)12-10-26-17(19-12)11-3-4-13-14(9-11)25-8-7-24-13/h3-4,9-10H,5-8H2,1-2H3,(H,20,23)(H,21,22). The van der Waals surface area contributed by atoms with Crippen LogP contribution in [0.3, 0.4) is 0 Å². The average molecular weight is 376 g/mol. The molecule has 2 N–H and O–H groups in total. The first-order chi connectivity index (χ1) is 12.3. The lowest BCUT2D eigenvalue weighted by Crippen LogP contribution is -2.43. The number of fused-ring (bicyclic) bond motifs is 1. The SMILES string of the molecule is CC(C)(CCC(=O)O)NC(=O)c1csc(-c2ccc3c(c2)OCCO3)n1. The van der Waals surface area contributed by atoms with Crippen molar-refractivity contribution in [3.63, 3.8) is 0 Å². The van der Waals surface area contributed by atoms with Crippen LogP contribution in [0.2, 0.25) is 0 Å². The molecule has 7 nitrogen and oxygen atoms in total. The van der Waals surface area contributed by atoms with Gasteiger partial charge in [0.2, 0.25) is 0 Å². The predicted octanol–water partition coefficient (Wildman–Crippen LogP) is 2.95. The Morgan fingerprint density at radius 3 is 2.73 bits per heavy atom. The zero-order valence-electron chi connectivity index (χ0n) is 14.6. The van der Waals surface area contributed by atoms with Crippen molar-refractivity contribution in [1.82, 2.24) is 10.3 Å². The van der Waals surface area contributed by atoms with Crippen LogP contribution in [0.25, 0.3) is 10.6 Å². The van der Waals surface area contributed by atoms with Crippen LogP contribution in [0.1, 0.15) is 37.2 Å². The first-order valence-corrected chi connectivity index (χ1v) is 9.12. The number of thiazole rings is 1. The van der Waals surface area contributed by atoms with Gasteiger partial charge in [-0.2, -0.15) is 0 Å². The monoisotopic (exact) mass is 376 g/mol. The van der Waals surface area contributed by atoms with Gasteiger partial charge >= 0.3 is 5.97 Å². The molecule has 3 rings (SSSR count). The largest absolute Gasteiger partial charge is 0.486 e. The first-order valence-electron chi connectivity index (χ1n) is 8.24. The molecule has 0 saturated heterocycles. The van der Waals surface area contributed by atoms with Crippen molar-refractivity contribution in [2.75, 3.05) is 13.2 Å². The summed E-state index contributed by atoms with van der Waals surface area (Å²) in [5.41, 5.74) is 0.530. The lowest BCUT2D eigenvalue weighted by molar-refractivity contribution is -0.137. The summed E-state index contributed by atoms with van der Waals surface area (Å²) < 4.78 is 11.1. The quantitative estimate of drug-likeness (QED) is 0.804. The smallest absolute Gasteiger partial charge is 0.303 e. The Hall–Kier alpha value is -2.61. The summed E-state index contributed by atoms with van der Waals surface area (Å²) in [7, 11) is 0. The summed E-state index contributed by atoms with van der Waals surface area (Å²) in [4.78, 5) is 27.5. The molecule has 0 fully saturated rings. The molecule has 2 heterocycles. The van der Waals surface area contributed by atoms with E-state index in [1.807, 2.05) is 18.2 Å². The molecular formula is C18H20N2O5S. The van der Waals surface area contributed by atoms with E-state index in [0.29, 0.717) is 41.8 Å². The minimum Gasteiger partial charge on any atom is -0.486 e. The number of carboxylic acids is 1. The van der Waals surface area contributed by atoms with Gasteiger partial charge in [-0.25, -0.2) is 4.98 Å². The highest BCUT2D eigenvalue weighted by Crippen LogP contribution is 2.35. The van der Waals surface area contributed by atoms with Crippen LogP contribution in [0.5, 0.6) is 11.5 Å². The van der Waals surface area contributed by atoms with Crippen molar-refractivity contribution in [2.24, 2.45) is 0 Å². The van der Waals surface area contributed by atoms with Crippen LogP contribution < -0.4 is 14.8 Å². The maximum atomic E-state index is 12.4. The van der Waals surface area contributed by atoms with Gasteiger partial charge in [0.1, 0.15) is 23.9 Å². The van der Waals surface area contributed by atoms with Crippen LogP contribution in [0.4, 0.5) is 0 Å². The van der Waals surface area contributed by atoms with Gasteiger partial charge < -0.3 is 19.9 Å². The Kier molecular flexibility index (Phi) is 5.13. The van der Waals surface area contributed by atoms with E-state index >= 15 is 0 Å². The highest BCUT2D eigenvalue weighted by molar-refractivity contribution is 7.13. The van der Waals surface area contributed by atoms with Crippen molar-refractivity contribution in [1.29, 1.82) is 0 Å². The number of hydrogen-bond acceptors (Lipinski definition) is 6. The Balaban J connectivity index is 1.71. The van der Waals surface area contributed by atoms with Crippen LogP contribution in [0.15, 0.2) is 23.6 Å². The van der Waals surface area contributed by atoms with Gasteiger partial charge in [0.05, 0.1) is 0 Å². The normalized spacial score (nSPS) is 13.3. The predicted molar refractivity (Wildman–Crippen MR) is 97.0 cm³/mol. The highest BCUT2D eigenvalue weighted by Gasteiger charge is 2.24. The van der Waals surface area contributed by atoms with Crippen molar-refractivity contribution in [3.05, 3.63) is 29.3 Å². The molecule has 0 atom stereocenters. The Labute approximate surface area is 155 Å². The molecule has 0 spiro atoms. The number of benzene rings is 1. The molecule has 1 aromatic carbocycles. The molecule has 0 saturated carbocycles. The maximum Gasteiger partial charge on any atom is 0.303 e. The molecule has 1 aliphatic heterocycles. The molecule has 0 aliphatic carbocycles. The van der Waals surface area contributed by atoms with Gasteiger partial charge in [-0.1, -0.05) is 0 Å². The number of aromatic nitrogens is 1. The number of ether oxygens (including phenoxy) is 2. The summed E-state index contributed by atoms with van der Waals surface area (Å²) in [5, 5.41) is 14.0. The number of amides is 1. The van der Waals surface area contributed by atoms with E-state index in [1.165, 1.54) is 11.3 Å². The number of aliphatic carboxylic acids is 1. The summed E-state index contributed by atoms with van der Waals surface area (Å²) in [5.74, 6) is 0.168. The van der Waals surface area contributed by atoms with E-state index in [4.69, 9.17) is 14.6 Å². The number of nitrogens with one attached hydrogen (secondary N) is 1. The van der Waals surface area contributed by atoms with Gasteiger partial charge in [0.25, 0.3) is 5.91 Å². The third-order valence-electron chi connectivity index (χ3n) is 3.94. The molecule has 8 heteroatoms. The number of hydrogen-bond donors (Lipinski definition) is 2. The Bertz CT molecular complexity index is 831. The van der Waals surface area contributed by atoms with Gasteiger partial charge in [-0.15, -0.1) is 11.3 Å². The number of carboxylic acid groups (broad SMARTS) is 1. The minimum absolute atomic E-state index is 0.00715. The van der Waals surface area contributed by atoms with Crippen molar-refractivity contribution in [2.45, 2.75) is 32.2 Å². The molecule has 0 bridgehead atoms. The molecule has 1 aromatic heterocycles. The second kappa shape index (κ2) is 7.33. The molecule has 138 valence electrons. The first kappa shape index (κ1) is 18.2. The molecule has 26 heavy (non-hydrogen) atoms. The molecule has 0 radical (unpaired) electrons. The number of nitrogens with zero attached hydrogens (tertiary/aromatic N) is 1. The molecule has 1 amide bonds. The Morgan fingerprint density at radius 1 is 1.27 bits per heavy atom. The third-order valence-corrected chi connectivity index (χ3v) is 4.83. The van der Waals surface area contributed by atoms with Crippen LogP contribution >= 0.6 is 11.3 Å². The highest BCUT2D eigenvalue weighted by atomic mass is 32.1. The van der Waals surface area contributed by atoms with Crippen molar-refractivity contribution in [3.8, 4) is 22.1 Å². The van der Waals surface area contributed by atoms with Crippen molar-refractivity contribution >= 4 is 23.2 Å². The topological polar surface area (TPSA) is 97.8 Å². The van der Waals surface area contributed by atoms with Crippen molar-refractivity contribution < 1.29 is 24.2 Å². The zero-order chi connectivity index (χ0) is 18.7. The lowest BCUT2D eigenvalue weighted by atomic mass is 9.98. The van der Waals surface area contributed by atoms with E-state index in [0.717, 1.165) is 5.56 Å². The van der Waals surface area contributed by atoms with Gasteiger partial charge in [-0.3, -0.25) is 9.59 Å². The fourth-order valence-electron chi connectivity index (χ4n) is 2.54. The van der Waals surface area contributed by atoms with Gasteiger partial charge in [0, 0.05) is 22.9 Å². The fourth-order valence-corrected chi connectivity index (χ4v) is 3.34.